The average molecular weight is 161 g/mol. The second-order valence-corrected chi connectivity index (χ2v) is 2.56. The Balaban J connectivity index is 3.08. The summed E-state index contributed by atoms with van der Waals surface area (Å²) in [5, 5.41) is 0. The van der Waals surface area contributed by atoms with Crippen molar-refractivity contribution in [2.75, 3.05) is 0 Å². The van der Waals surface area contributed by atoms with E-state index in [9.17, 15) is 4.79 Å². The van der Waals surface area contributed by atoms with E-state index in [2.05, 4.69) is 0 Å². The maximum absolute atomic E-state index is 10.3. The average Bonchev–Trinajstić information content (AvgIpc) is 2.17. The summed E-state index contributed by atoms with van der Waals surface area (Å²) in [6.45, 7) is 1.83. The molecule has 62 valence electrons. The van der Waals surface area contributed by atoms with Gasteiger partial charge < -0.3 is 5.73 Å². The van der Waals surface area contributed by atoms with Gasteiger partial charge in [-0.1, -0.05) is 30.3 Å². The molecule has 0 unspecified atom stereocenters. The Kier molecular flexibility index (Phi) is 2.64. The van der Waals surface area contributed by atoms with Crippen LogP contribution in [0, 0.1) is 0 Å². The van der Waals surface area contributed by atoms with Crippen LogP contribution in [0.2, 0.25) is 0 Å². The summed E-state index contributed by atoms with van der Waals surface area (Å²) in [5.74, 6) is 0. The zero-order valence-corrected chi connectivity index (χ0v) is 6.95. The molecule has 0 atom stereocenters. The highest BCUT2D eigenvalue weighted by atomic mass is 16.1. The van der Waals surface area contributed by atoms with Crippen LogP contribution in [-0.2, 0) is 4.79 Å². The van der Waals surface area contributed by atoms with Crippen molar-refractivity contribution in [2.45, 2.75) is 6.92 Å². The highest BCUT2D eigenvalue weighted by Crippen LogP contribution is 2.13. The first-order valence-corrected chi connectivity index (χ1v) is 3.72. The van der Waals surface area contributed by atoms with E-state index in [0.29, 0.717) is 12.0 Å². The molecular formula is C10H11NO. The fraction of sp³-hybridized carbons (Fsp3) is 0.100. The third-order valence-corrected chi connectivity index (χ3v) is 1.77. The highest BCUT2D eigenvalue weighted by Gasteiger charge is 1.97. The molecule has 0 amide bonds. The number of carbonyl (C=O) groups is 1. The Morgan fingerprint density at radius 2 is 1.92 bits per heavy atom. The number of hydrogen-bond acceptors (Lipinski definition) is 2. The van der Waals surface area contributed by atoms with Gasteiger partial charge in [0.1, 0.15) is 0 Å². The van der Waals surface area contributed by atoms with Crippen molar-refractivity contribution in [1.82, 2.24) is 0 Å². The lowest BCUT2D eigenvalue weighted by atomic mass is 10.1. The number of hydrogen-bond donors (Lipinski definition) is 1. The largest absolute Gasteiger partial charge is 0.396 e. The van der Waals surface area contributed by atoms with E-state index in [1.807, 2.05) is 37.3 Å². The van der Waals surface area contributed by atoms with Crippen LogP contribution in [0.15, 0.2) is 36.0 Å². The molecule has 0 saturated heterocycles. The number of rotatable bonds is 2. The molecule has 1 aromatic rings. The van der Waals surface area contributed by atoms with Crippen LogP contribution in [-0.4, -0.2) is 6.29 Å². The molecule has 0 aromatic heterocycles. The molecule has 0 radical (unpaired) electrons. The van der Waals surface area contributed by atoms with Gasteiger partial charge in [0.15, 0.2) is 6.29 Å². The Morgan fingerprint density at radius 1 is 1.33 bits per heavy atom. The first kappa shape index (κ1) is 8.53. The summed E-state index contributed by atoms with van der Waals surface area (Å²) in [4.78, 5) is 10.3. The minimum atomic E-state index is 0.293. The van der Waals surface area contributed by atoms with Crippen LogP contribution in [0.5, 0.6) is 0 Å². The van der Waals surface area contributed by atoms with Crippen molar-refractivity contribution in [3.05, 3.63) is 41.6 Å². The van der Waals surface area contributed by atoms with Crippen LogP contribution in [0.4, 0.5) is 0 Å². The van der Waals surface area contributed by atoms with Crippen molar-refractivity contribution in [3.63, 3.8) is 0 Å². The summed E-state index contributed by atoms with van der Waals surface area (Å²) >= 11 is 0. The molecule has 0 saturated carbocycles. The van der Waals surface area contributed by atoms with Crippen molar-refractivity contribution in [1.29, 1.82) is 0 Å². The molecule has 0 fully saturated rings. The molecule has 0 heterocycles. The smallest absolute Gasteiger partial charge is 0.165 e. The number of benzene rings is 1. The fourth-order valence-electron chi connectivity index (χ4n) is 0.943. The summed E-state index contributed by atoms with van der Waals surface area (Å²) in [5.41, 5.74) is 7.57. The van der Waals surface area contributed by atoms with E-state index in [4.69, 9.17) is 5.73 Å². The molecule has 1 rings (SSSR count). The molecule has 12 heavy (non-hydrogen) atoms. The lowest BCUT2D eigenvalue weighted by Gasteiger charge is -2.01. The summed E-state index contributed by atoms with van der Waals surface area (Å²) in [6, 6.07) is 9.60. The number of allylic oxidation sites excluding steroid dienone is 2. The van der Waals surface area contributed by atoms with Crippen molar-refractivity contribution in [3.8, 4) is 0 Å². The third kappa shape index (κ3) is 1.72. The molecule has 2 nitrogen and oxygen atoms in total. The SMILES string of the molecule is CC(=C(N)C=O)c1ccccc1. The Bertz CT molecular complexity index is 301. The fourth-order valence-corrected chi connectivity index (χ4v) is 0.943. The third-order valence-electron chi connectivity index (χ3n) is 1.77. The second-order valence-electron chi connectivity index (χ2n) is 2.56. The number of aldehydes is 1. The zero-order chi connectivity index (χ0) is 8.97. The Labute approximate surface area is 71.7 Å². The van der Waals surface area contributed by atoms with Gasteiger partial charge in [0.05, 0.1) is 5.70 Å². The second kappa shape index (κ2) is 3.72. The van der Waals surface area contributed by atoms with Gasteiger partial charge in [0.2, 0.25) is 0 Å². The molecule has 0 aliphatic carbocycles. The lowest BCUT2D eigenvalue weighted by molar-refractivity contribution is -0.104. The maximum Gasteiger partial charge on any atom is 0.165 e. The van der Waals surface area contributed by atoms with Crippen molar-refractivity contribution in [2.24, 2.45) is 5.73 Å². The van der Waals surface area contributed by atoms with Gasteiger partial charge in [-0.25, -0.2) is 0 Å². The van der Waals surface area contributed by atoms with E-state index in [-0.39, 0.29) is 0 Å². The molecular weight excluding hydrogens is 150 g/mol. The molecule has 0 aliphatic heterocycles. The van der Waals surface area contributed by atoms with Crippen molar-refractivity contribution < 1.29 is 4.79 Å². The Morgan fingerprint density at radius 3 is 2.42 bits per heavy atom. The summed E-state index contributed by atoms with van der Waals surface area (Å²) in [7, 11) is 0. The minimum absolute atomic E-state index is 0.293. The summed E-state index contributed by atoms with van der Waals surface area (Å²) in [6.07, 6.45) is 0.669. The standard InChI is InChI=1S/C10H11NO/c1-8(10(11)7-12)9-5-3-2-4-6-9/h2-7H,11H2,1H3. The molecule has 0 spiro atoms. The quantitative estimate of drug-likeness (QED) is 0.528. The first-order valence-electron chi connectivity index (χ1n) is 3.72. The van der Waals surface area contributed by atoms with Gasteiger partial charge in [-0.05, 0) is 18.1 Å². The maximum atomic E-state index is 10.3. The topological polar surface area (TPSA) is 43.1 Å². The monoisotopic (exact) mass is 161 g/mol. The van der Waals surface area contributed by atoms with Crippen LogP contribution in [0.25, 0.3) is 5.57 Å². The van der Waals surface area contributed by atoms with Gasteiger partial charge in [-0.15, -0.1) is 0 Å². The first-order chi connectivity index (χ1) is 5.75. The van der Waals surface area contributed by atoms with E-state index in [1.54, 1.807) is 0 Å². The normalized spacial score (nSPS) is 12.1. The molecule has 1 aromatic carbocycles. The van der Waals surface area contributed by atoms with Gasteiger partial charge in [-0.2, -0.15) is 0 Å². The highest BCUT2D eigenvalue weighted by molar-refractivity contribution is 5.86. The van der Waals surface area contributed by atoms with Crippen LogP contribution in [0.3, 0.4) is 0 Å². The van der Waals surface area contributed by atoms with Crippen LogP contribution in [0.1, 0.15) is 12.5 Å². The van der Waals surface area contributed by atoms with Crippen LogP contribution >= 0.6 is 0 Å². The predicted octanol–water partition coefficient (Wildman–Crippen LogP) is 1.58. The zero-order valence-electron chi connectivity index (χ0n) is 6.95. The minimum Gasteiger partial charge on any atom is -0.396 e. The van der Waals surface area contributed by atoms with E-state index in [1.165, 1.54) is 0 Å². The van der Waals surface area contributed by atoms with Gasteiger partial charge in [-0.3, -0.25) is 4.79 Å². The van der Waals surface area contributed by atoms with E-state index in [0.717, 1.165) is 11.1 Å². The van der Waals surface area contributed by atoms with E-state index < -0.39 is 0 Å². The van der Waals surface area contributed by atoms with Crippen molar-refractivity contribution >= 4 is 11.9 Å². The summed E-state index contributed by atoms with van der Waals surface area (Å²) < 4.78 is 0. The van der Waals surface area contributed by atoms with Crippen LogP contribution < -0.4 is 5.73 Å². The number of nitrogens with two attached hydrogens (primary N) is 1. The molecule has 2 N–H and O–H groups in total. The molecule has 0 aliphatic rings. The van der Waals surface area contributed by atoms with E-state index >= 15 is 0 Å². The lowest BCUT2D eigenvalue weighted by Crippen LogP contribution is -2.01. The van der Waals surface area contributed by atoms with Gasteiger partial charge in [0.25, 0.3) is 0 Å². The van der Waals surface area contributed by atoms with Gasteiger partial charge >= 0.3 is 0 Å². The van der Waals surface area contributed by atoms with Gasteiger partial charge in [0, 0.05) is 0 Å². The number of carbonyl (C=O) groups excluding carboxylic acids is 1. The predicted molar refractivity (Wildman–Crippen MR) is 49.3 cm³/mol. The Hall–Kier alpha value is -1.57. The molecule has 2 heteroatoms. The molecule has 0 bridgehead atoms.